The van der Waals surface area contributed by atoms with Crippen molar-refractivity contribution in [1.82, 2.24) is 0 Å². The molecule has 0 radical (unpaired) electrons. The van der Waals surface area contributed by atoms with E-state index in [4.69, 9.17) is 22.1 Å². The molecule has 1 amide bonds. The van der Waals surface area contributed by atoms with Crippen molar-refractivity contribution in [2.75, 3.05) is 24.3 Å². The van der Waals surface area contributed by atoms with Gasteiger partial charge in [0.2, 0.25) is 5.91 Å². The first-order valence-electron chi connectivity index (χ1n) is 7.08. The van der Waals surface area contributed by atoms with Crippen LogP contribution in [0.2, 0.25) is 5.02 Å². The molecular weight excluding hydrogens is 276 g/mol. The number of amides is 1. The molecule has 3 N–H and O–H groups in total. The Labute approximate surface area is 124 Å². The van der Waals surface area contributed by atoms with Crippen LogP contribution in [0.15, 0.2) is 18.2 Å². The molecule has 1 fully saturated rings. The molecule has 2 rings (SSSR count). The fourth-order valence-corrected chi connectivity index (χ4v) is 2.61. The minimum atomic E-state index is -0.106. The number of carbonyl (C=O) groups is 1. The van der Waals surface area contributed by atoms with Gasteiger partial charge < -0.3 is 15.8 Å². The molecule has 20 heavy (non-hydrogen) atoms. The molecule has 0 heterocycles. The molecule has 0 saturated heterocycles. The van der Waals surface area contributed by atoms with Crippen LogP contribution in [-0.4, -0.2) is 19.1 Å². The Bertz CT molecular complexity index is 459. The molecule has 0 unspecified atom stereocenters. The van der Waals surface area contributed by atoms with Crippen molar-refractivity contribution in [2.45, 2.75) is 32.1 Å². The lowest BCUT2D eigenvalue weighted by Crippen LogP contribution is -2.16. The summed E-state index contributed by atoms with van der Waals surface area (Å²) in [5, 5.41) is 3.30. The maximum absolute atomic E-state index is 11.8. The Balaban J connectivity index is 1.68. The van der Waals surface area contributed by atoms with E-state index in [1.165, 1.54) is 25.7 Å². The number of hydrogen-bond donors (Lipinski definition) is 2. The average Bonchev–Trinajstić information content (AvgIpc) is 2.92. The number of halogens is 1. The van der Waals surface area contributed by atoms with Gasteiger partial charge in [-0.25, -0.2) is 0 Å². The van der Waals surface area contributed by atoms with Crippen LogP contribution in [0.4, 0.5) is 11.4 Å². The summed E-state index contributed by atoms with van der Waals surface area (Å²) in [4.78, 5) is 11.8. The van der Waals surface area contributed by atoms with Crippen molar-refractivity contribution in [3.8, 4) is 0 Å². The van der Waals surface area contributed by atoms with Crippen LogP contribution < -0.4 is 11.1 Å². The summed E-state index contributed by atoms with van der Waals surface area (Å²) >= 11 is 5.87. The Hall–Kier alpha value is -1.26. The number of nitrogen functional groups attached to an aromatic ring is 1. The molecule has 4 nitrogen and oxygen atoms in total. The lowest BCUT2D eigenvalue weighted by Gasteiger charge is -2.11. The van der Waals surface area contributed by atoms with Gasteiger partial charge in [0.05, 0.1) is 24.4 Å². The molecule has 0 atom stereocenters. The predicted octanol–water partition coefficient (Wildman–Crippen LogP) is 3.46. The Morgan fingerprint density at radius 3 is 2.90 bits per heavy atom. The van der Waals surface area contributed by atoms with E-state index in [1.54, 1.807) is 18.2 Å². The number of ether oxygens (including phenoxy) is 1. The molecule has 110 valence electrons. The third-order valence-electron chi connectivity index (χ3n) is 3.59. The van der Waals surface area contributed by atoms with Crippen LogP contribution in [0.25, 0.3) is 0 Å². The number of benzene rings is 1. The first-order valence-corrected chi connectivity index (χ1v) is 7.45. The molecule has 0 spiro atoms. The molecule has 5 heteroatoms. The van der Waals surface area contributed by atoms with Crippen molar-refractivity contribution in [3.63, 3.8) is 0 Å². The number of anilines is 2. The van der Waals surface area contributed by atoms with Crippen molar-refractivity contribution in [3.05, 3.63) is 23.2 Å². The second-order valence-corrected chi connectivity index (χ2v) is 5.69. The Kier molecular flexibility index (Phi) is 5.68. The third kappa shape index (κ3) is 4.69. The average molecular weight is 297 g/mol. The standard InChI is InChI=1S/C15H21ClN2O2/c16-12-5-6-13(17)14(9-12)18-15(19)7-8-20-10-11-3-1-2-4-11/h5-6,9,11H,1-4,7-8,10,17H2,(H,18,19). The summed E-state index contributed by atoms with van der Waals surface area (Å²) in [6.07, 6.45) is 5.46. The Morgan fingerprint density at radius 1 is 1.40 bits per heavy atom. The smallest absolute Gasteiger partial charge is 0.226 e. The minimum absolute atomic E-state index is 0.106. The third-order valence-corrected chi connectivity index (χ3v) is 3.83. The van der Waals surface area contributed by atoms with E-state index >= 15 is 0 Å². The van der Waals surface area contributed by atoms with Crippen LogP contribution in [0.5, 0.6) is 0 Å². The fourth-order valence-electron chi connectivity index (χ4n) is 2.44. The first kappa shape index (κ1) is 15.1. The van der Waals surface area contributed by atoms with Gasteiger partial charge in [0, 0.05) is 11.6 Å². The maximum atomic E-state index is 11.8. The molecule has 1 aromatic rings. The number of rotatable bonds is 6. The highest BCUT2D eigenvalue weighted by Gasteiger charge is 2.15. The largest absolute Gasteiger partial charge is 0.397 e. The van der Waals surface area contributed by atoms with E-state index < -0.39 is 0 Å². The van der Waals surface area contributed by atoms with E-state index in [-0.39, 0.29) is 5.91 Å². The van der Waals surface area contributed by atoms with Gasteiger partial charge in [-0.15, -0.1) is 0 Å². The molecule has 0 bridgehead atoms. The summed E-state index contributed by atoms with van der Waals surface area (Å²) in [5.41, 5.74) is 6.83. The summed E-state index contributed by atoms with van der Waals surface area (Å²) in [6.45, 7) is 1.22. The van der Waals surface area contributed by atoms with E-state index in [9.17, 15) is 4.79 Å². The minimum Gasteiger partial charge on any atom is -0.397 e. The van der Waals surface area contributed by atoms with Crippen LogP contribution in [0, 0.1) is 5.92 Å². The van der Waals surface area contributed by atoms with E-state index in [2.05, 4.69) is 5.32 Å². The second kappa shape index (κ2) is 7.50. The zero-order chi connectivity index (χ0) is 14.4. The van der Waals surface area contributed by atoms with Crippen LogP contribution in [0.1, 0.15) is 32.1 Å². The summed E-state index contributed by atoms with van der Waals surface area (Å²) in [5.74, 6) is 0.576. The zero-order valence-corrected chi connectivity index (χ0v) is 12.3. The highest BCUT2D eigenvalue weighted by atomic mass is 35.5. The van der Waals surface area contributed by atoms with Gasteiger partial charge in [0.25, 0.3) is 0 Å². The van der Waals surface area contributed by atoms with Crippen LogP contribution in [0.3, 0.4) is 0 Å². The molecule has 0 aromatic heterocycles. The quantitative estimate of drug-likeness (QED) is 0.624. The Morgan fingerprint density at radius 2 is 2.15 bits per heavy atom. The fraction of sp³-hybridized carbons (Fsp3) is 0.533. The van der Waals surface area contributed by atoms with E-state index in [1.807, 2.05) is 0 Å². The van der Waals surface area contributed by atoms with Crippen molar-refractivity contribution in [2.24, 2.45) is 5.92 Å². The number of carbonyl (C=O) groups excluding carboxylic acids is 1. The van der Waals surface area contributed by atoms with Gasteiger partial charge in [-0.05, 0) is 37.0 Å². The monoisotopic (exact) mass is 296 g/mol. The summed E-state index contributed by atoms with van der Waals surface area (Å²) < 4.78 is 5.56. The van der Waals surface area contributed by atoms with Gasteiger partial charge in [0.15, 0.2) is 0 Å². The number of nitrogens with one attached hydrogen (secondary N) is 1. The number of nitrogens with two attached hydrogens (primary N) is 1. The molecule has 0 aliphatic heterocycles. The van der Waals surface area contributed by atoms with Crippen LogP contribution in [-0.2, 0) is 9.53 Å². The lowest BCUT2D eigenvalue weighted by molar-refractivity contribution is -0.117. The topological polar surface area (TPSA) is 64.3 Å². The molecule has 1 saturated carbocycles. The van der Waals surface area contributed by atoms with E-state index in [0.717, 1.165) is 6.61 Å². The van der Waals surface area contributed by atoms with Crippen molar-refractivity contribution < 1.29 is 9.53 Å². The normalized spacial score (nSPS) is 15.4. The molecule has 1 aromatic carbocycles. The molecular formula is C15H21ClN2O2. The SMILES string of the molecule is Nc1ccc(Cl)cc1NC(=O)CCOCC1CCCC1. The lowest BCUT2D eigenvalue weighted by atomic mass is 10.1. The maximum Gasteiger partial charge on any atom is 0.226 e. The summed E-state index contributed by atoms with van der Waals surface area (Å²) in [7, 11) is 0. The van der Waals surface area contributed by atoms with Gasteiger partial charge in [-0.2, -0.15) is 0 Å². The van der Waals surface area contributed by atoms with Crippen LogP contribution >= 0.6 is 11.6 Å². The molecule has 1 aliphatic rings. The first-order chi connectivity index (χ1) is 9.65. The van der Waals surface area contributed by atoms with Crippen molar-refractivity contribution in [1.29, 1.82) is 0 Å². The van der Waals surface area contributed by atoms with Gasteiger partial charge in [-0.3, -0.25) is 4.79 Å². The van der Waals surface area contributed by atoms with Gasteiger partial charge in [0.1, 0.15) is 0 Å². The van der Waals surface area contributed by atoms with Crippen molar-refractivity contribution >= 4 is 28.9 Å². The van der Waals surface area contributed by atoms with Gasteiger partial charge in [-0.1, -0.05) is 24.4 Å². The van der Waals surface area contributed by atoms with E-state index in [0.29, 0.717) is 35.3 Å². The second-order valence-electron chi connectivity index (χ2n) is 5.26. The van der Waals surface area contributed by atoms with Gasteiger partial charge >= 0.3 is 0 Å². The molecule has 1 aliphatic carbocycles. The predicted molar refractivity (Wildman–Crippen MR) is 81.9 cm³/mol. The number of hydrogen-bond acceptors (Lipinski definition) is 3. The highest BCUT2D eigenvalue weighted by Crippen LogP contribution is 2.25. The highest BCUT2D eigenvalue weighted by molar-refractivity contribution is 6.31. The zero-order valence-electron chi connectivity index (χ0n) is 11.5. The summed E-state index contributed by atoms with van der Waals surface area (Å²) in [6, 6.07) is 5.01.